The van der Waals surface area contributed by atoms with Gasteiger partial charge in [-0.25, -0.2) is 4.79 Å². The molecule has 0 spiro atoms. The van der Waals surface area contributed by atoms with E-state index in [1.807, 2.05) is 6.07 Å². The number of carbonyl (C=O) groups excluding carboxylic acids is 1. The predicted octanol–water partition coefficient (Wildman–Crippen LogP) is 3.80. The van der Waals surface area contributed by atoms with Crippen LogP contribution >= 0.6 is 0 Å². The van der Waals surface area contributed by atoms with Gasteiger partial charge in [-0.3, -0.25) is 0 Å². The Bertz CT molecular complexity index is 389. The highest BCUT2D eigenvalue weighted by Gasteiger charge is 2.36. The molecule has 0 aromatic carbocycles. The smallest absolute Gasteiger partial charge is 0.334 e. The minimum Gasteiger partial charge on any atom is -0.463 e. The van der Waals surface area contributed by atoms with Gasteiger partial charge >= 0.3 is 5.97 Å². The summed E-state index contributed by atoms with van der Waals surface area (Å²) in [6, 6.07) is 1.99. The molecule has 0 aliphatic rings. The molecule has 0 fully saturated rings. The lowest BCUT2D eigenvalue weighted by Crippen LogP contribution is -2.40. The second-order valence-corrected chi connectivity index (χ2v) is 11.0. The first-order valence-corrected chi connectivity index (χ1v) is 9.93. The minimum absolute atomic E-state index is 0.0823. The molecule has 0 aliphatic heterocycles. The van der Waals surface area contributed by atoms with Crippen LogP contribution in [-0.2, 0) is 14.0 Å². The van der Waals surface area contributed by atoms with Crippen molar-refractivity contribution in [3.63, 3.8) is 0 Å². The third-order valence-electron chi connectivity index (χ3n) is 3.58. The number of nitriles is 1. The monoisotopic (exact) mass is 297 g/mol. The van der Waals surface area contributed by atoms with Gasteiger partial charge in [0, 0.05) is 12.2 Å². The second kappa shape index (κ2) is 8.23. The molecule has 0 amide bonds. The fourth-order valence-electron chi connectivity index (χ4n) is 1.30. The quantitative estimate of drug-likeness (QED) is 0.310. The number of hydrogen-bond donors (Lipinski definition) is 0. The summed E-state index contributed by atoms with van der Waals surface area (Å²) in [4.78, 5) is 11.6. The van der Waals surface area contributed by atoms with Gasteiger partial charge in [0.2, 0.25) is 0 Å². The van der Waals surface area contributed by atoms with Crippen molar-refractivity contribution in [3.05, 3.63) is 11.6 Å². The van der Waals surface area contributed by atoms with Crippen molar-refractivity contribution in [3.8, 4) is 6.07 Å². The Kier molecular flexibility index (Phi) is 7.77. The molecule has 114 valence electrons. The molecule has 0 N–H and O–H groups in total. The van der Waals surface area contributed by atoms with E-state index < -0.39 is 14.3 Å². The fraction of sp³-hybridized carbons (Fsp3) is 0.733. The van der Waals surface area contributed by atoms with Gasteiger partial charge in [-0.15, -0.1) is 0 Å². The molecule has 0 saturated heterocycles. The Morgan fingerprint density at radius 2 is 1.95 bits per heavy atom. The van der Waals surface area contributed by atoms with Crippen LogP contribution in [0.15, 0.2) is 11.6 Å². The molecule has 0 unspecified atom stereocenters. The lowest BCUT2D eigenvalue weighted by Gasteiger charge is -2.36. The zero-order valence-corrected chi connectivity index (χ0v) is 14.6. The molecule has 0 radical (unpaired) electrons. The third-order valence-corrected chi connectivity index (χ3v) is 8.12. The average Bonchev–Trinajstić information content (AvgIpc) is 2.31. The molecule has 20 heavy (non-hydrogen) atoms. The van der Waals surface area contributed by atoms with E-state index in [4.69, 9.17) is 14.4 Å². The summed E-state index contributed by atoms with van der Waals surface area (Å²) in [5.41, 5.74) is 0.424. The number of hydrogen-bond acceptors (Lipinski definition) is 4. The summed E-state index contributed by atoms with van der Waals surface area (Å²) in [6.07, 6.45) is 2.47. The van der Waals surface area contributed by atoms with E-state index in [1.54, 1.807) is 13.0 Å². The lowest BCUT2D eigenvalue weighted by molar-refractivity contribution is -0.138. The van der Waals surface area contributed by atoms with Crippen LogP contribution < -0.4 is 0 Å². The standard InChI is InChI=1S/C15H27NO3Si/c1-7-18-14(17)13(10-11-16)9-8-12-19-20(5,6)15(2,3)4/h9H,7-8,10,12H2,1-6H3/b13-9+. The van der Waals surface area contributed by atoms with E-state index in [1.165, 1.54) is 0 Å². The molecular weight excluding hydrogens is 270 g/mol. The summed E-state index contributed by atoms with van der Waals surface area (Å²) in [6.45, 7) is 13.6. The van der Waals surface area contributed by atoms with Crippen LogP contribution in [0.1, 0.15) is 40.5 Å². The fourth-order valence-corrected chi connectivity index (χ4v) is 2.36. The van der Waals surface area contributed by atoms with Crippen molar-refractivity contribution in [1.29, 1.82) is 5.26 Å². The van der Waals surface area contributed by atoms with Crippen LogP contribution in [0.5, 0.6) is 0 Å². The topological polar surface area (TPSA) is 59.3 Å². The Hall–Kier alpha value is -1.12. The Morgan fingerprint density at radius 3 is 2.40 bits per heavy atom. The van der Waals surface area contributed by atoms with E-state index >= 15 is 0 Å². The van der Waals surface area contributed by atoms with Crippen molar-refractivity contribution >= 4 is 14.3 Å². The van der Waals surface area contributed by atoms with Crippen LogP contribution in [0.4, 0.5) is 0 Å². The van der Waals surface area contributed by atoms with Gasteiger partial charge in [0.25, 0.3) is 0 Å². The number of rotatable bonds is 7. The SMILES string of the molecule is CCOC(=O)/C(=C/CCO[Si](C)(C)C(C)(C)C)CC#N. The number of ether oxygens (including phenoxy) is 1. The van der Waals surface area contributed by atoms with Crippen molar-refractivity contribution in [2.45, 2.75) is 58.7 Å². The molecule has 0 rings (SSSR count). The van der Waals surface area contributed by atoms with Crippen LogP contribution in [0.25, 0.3) is 0 Å². The summed E-state index contributed by atoms with van der Waals surface area (Å²) < 4.78 is 10.9. The van der Waals surface area contributed by atoms with E-state index in [-0.39, 0.29) is 11.5 Å². The maximum absolute atomic E-state index is 11.6. The van der Waals surface area contributed by atoms with Gasteiger partial charge in [0.05, 0.1) is 19.1 Å². The summed E-state index contributed by atoms with van der Waals surface area (Å²) in [7, 11) is -1.75. The average molecular weight is 297 g/mol. The number of esters is 1. The van der Waals surface area contributed by atoms with Crippen LogP contribution in [0, 0.1) is 11.3 Å². The van der Waals surface area contributed by atoms with Gasteiger partial charge in [0.1, 0.15) is 0 Å². The third kappa shape index (κ3) is 6.35. The van der Waals surface area contributed by atoms with Gasteiger partial charge < -0.3 is 9.16 Å². The highest BCUT2D eigenvalue weighted by Crippen LogP contribution is 2.36. The van der Waals surface area contributed by atoms with E-state index in [0.717, 1.165) is 0 Å². The van der Waals surface area contributed by atoms with E-state index in [2.05, 4.69) is 33.9 Å². The van der Waals surface area contributed by atoms with Gasteiger partial charge in [-0.05, 0) is 31.5 Å². The first-order chi connectivity index (χ1) is 9.15. The van der Waals surface area contributed by atoms with Gasteiger partial charge in [0.15, 0.2) is 8.32 Å². The maximum Gasteiger partial charge on any atom is 0.334 e. The highest BCUT2D eigenvalue weighted by molar-refractivity contribution is 6.74. The molecular formula is C15H27NO3Si. The maximum atomic E-state index is 11.6. The normalized spacial score (nSPS) is 12.9. The molecule has 0 atom stereocenters. The first-order valence-electron chi connectivity index (χ1n) is 7.02. The van der Waals surface area contributed by atoms with Crippen molar-refractivity contribution in [1.82, 2.24) is 0 Å². The number of nitrogens with zero attached hydrogens (tertiary/aromatic N) is 1. The Balaban J connectivity index is 4.46. The van der Waals surface area contributed by atoms with Gasteiger partial charge in [-0.2, -0.15) is 5.26 Å². The summed E-state index contributed by atoms with van der Waals surface area (Å²) in [5.74, 6) is -0.402. The molecule has 0 bridgehead atoms. The minimum atomic E-state index is -1.75. The van der Waals surface area contributed by atoms with E-state index in [9.17, 15) is 4.79 Å². The first kappa shape index (κ1) is 18.9. The summed E-state index contributed by atoms with van der Waals surface area (Å²) in [5, 5.41) is 8.90. The van der Waals surface area contributed by atoms with Crippen molar-refractivity contribution < 1.29 is 14.0 Å². The zero-order chi connectivity index (χ0) is 15.8. The zero-order valence-electron chi connectivity index (χ0n) is 13.6. The molecule has 0 aromatic heterocycles. The van der Waals surface area contributed by atoms with Crippen molar-refractivity contribution in [2.24, 2.45) is 0 Å². The van der Waals surface area contributed by atoms with Crippen LogP contribution in [-0.4, -0.2) is 27.5 Å². The molecule has 4 nitrogen and oxygen atoms in total. The van der Waals surface area contributed by atoms with E-state index in [0.29, 0.717) is 25.2 Å². The lowest BCUT2D eigenvalue weighted by atomic mass is 10.1. The second-order valence-electron chi connectivity index (χ2n) is 6.18. The van der Waals surface area contributed by atoms with Gasteiger partial charge in [-0.1, -0.05) is 26.8 Å². The van der Waals surface area contributed by atoms with Crippen molar-refractivity contribution in [2.75, 3.05) is 13.2 Å². The van der Waals surface area contributed by atoms with Crippen LogP contribution in [0.2, 0.25) is 18.1 Å². The Labute approximate surface area is 123 Å². The number of carbonyl (C=O) groups is 1. The largest absolute Gasteiger partial charge is 0.463 e. The predicted molar refractivity (Wildman–Crippen MR) is 82.7 cm³/mol. The Morgan fingerprint density at radius 1 is 1.35 bits per heavy atom. The molecule has 5 heteroatoms. The van der Waals surface area contributed by atoms with Crippen LogP contribution in [0.3, 0.4) is 0 Å². The molecule has 0 aromatic rings. The highest BCUT2D eigenvalue weighted by atomic mass is 28.4. The molecule has 0 heterocycles. The molecule has 0 aliphatic carbocycles. The molecule has 0 saturated carbocycles. The summed E-state index contributed by atoms with van der Waals surface area (Å²) >= 11 is 0.